The molecule has 0 saturated heterocycles. The van der Waals surface area contributed by atoms with E-state index in [0.29, 0.717) is 52.7 Å². The second-order valence-corrected chi connectivity index (χ2v) is 9.64. The minimum atomic E-state index is 0.311. The summed E-state index contributed by atoms with van der Waals surface area (Å²) < 4.78 is 0. The zero-order chi connectivity index (χ0) is 25.7. The number of aliphatic imine (C=N–C) groups is 6. The first-order valence-corrected chi connectivity index (χ1v) is 12.2. The van der Waals surface area contributed by atoms with Gasteiger partial charge in [0.1, 0.15) is 54.0 Å². The van der Waals surface area contributed by atoms with Gasteiger partial charge in [0, 0.05) is 0 Å². The predicted molar refractivity (Wildman–Crippen MR) is 150 cm³/mol. The Labute approximate surface area is 212 Å². The van der Waals surface area contributed by atoms with E-state index >= 15 is 0 Å². The minimum Gasteiger partial charge on any atom is -0.325 e. The standard InChI is InChI=1S/C27H33N9/c1-16(2)19-7-22-28-13-30-24-9-20(17(3)4)11-26(35-24)32-15-33-27-12-21(18(5)6)10-25(36-27)31-14-29-23(8-19)34-22/h7-18H,1-6H3,(H3,28,29,30,31,32,33,34,35,36). The Balaban J connectivity index is 1.79. The van der Waals surface area contributed by atoms with Crippen molar-refractivity contribution in [3.63, 3.8) is 0 Å². The summed E-state index contributed by atoms with van der Waals surface area (Å²) in [6.45, 7) is 12.8. The van der Waals surface area contributed by atoms with E-state index in [-0.39, 0.29) is 0 Å². The van der Waals surface area contributed by atoms with Gasteiger partial charge in [-0.15, -0.1) is 0 Å². The minimum absolute atomic E-state index is 0.311. The fourth-order valence-electron chi connectivity index (χ4n) is 3.56. The summed E-state index contributed by atoms with van der Waals surface area (Å²) in [5.41, 5.74) is 3.34. The number of nitrogens with zero attached hydrogens (tertiary/aromatic N) is 6. The molecule has 0 amide bonds. The number of hydrogen-bond acceptors (Lipinski definition) is 9. The highest BCUT2D eigenvalue weighted by molar-refractivity contribution is 6.03. The SMILES string of the molecule is CC(C)C1=CC2=NC=NC3=CC(C(C)C)=CC(=NC=NC4=CC(C(C)C)=CC(=NC=NC(=C1)N2)N4)N3. The Kier molecular flexibility index (Phi) is 7.68. The van der Waals surface area contributed by atoms with Crippen LogP contribution in [-0.4, -0.2) is 36.5 Å². The average molecular weight is 484 g/mol. The third-order valence-corrected chi connectivity index (χ3v) is 5.77. The molecular formula is C27H33N9. The molecule has 0 radical (unpaired) electrons. The van der Waals surface area contributed by atoms with Crippen LogP contribution in [0.3, 0.4) is 0 Å². The second kappa shape index (κ2) is 11.1. The normalized spacial score (nSPS) is 19.8. The van der Waals surface area contributed by atoms with Gasteiger partial charge in [-0.25, -0.2) is 30.0 Å². The summed E-state index contributed by atoms with van der Waals surface area (Å²) in [4.78, 5) is 27.2. The number of hydrogen-bond donors (Lipinski definition) is 3. The zero-order valence-electron chi connectivity index (χ0n) is 21.6. The van der Waals surface area contributed by atoms with Crippen LogP contribution in [0.5, 0.6) is 0 Å². The lowest BCUT2D eigenvalue weighted by molar-refractivity contribution is 0.783. The van der Waals surface area contributed by atoms with E-state index in [9.17, 15) is 0 Å². The molecule has 4 rings (SSSR count). The van der Waals surface area contributed by atoms with Crippen LogP contribution in [0.4, 0.5) is 0 Å². The highest BCUT2D eigenvalue weighted by atomic mass is 15.2. The lowest BCUT2D eigenvalue weighted by atomic mass is 10.0. The number of nitrogens with one attached hydrogen (secondary N) is 3. The molecule has 0 aliphatic carbocycles. The van der Waals surface area contributed by atoms with Crippen molar-refractivity contribution in [3.8, 4) is 0 Å². The van der Waals surface area contributed by atoms with Gasteiger partial charge in [0.05, 0.1) is 0 Å². The molecule has 186 valence electrons. The van der Waals surface area contributed by atoms with Crippen molar-refractivity contribution in [2.45, 2.75) is 41.5 Å². The molecule has 0 aromatic carbocycles. The Morgan fingerprint density at radius 1 is 0.444 bits per heavy atom. The van der Waals surface area contributed by atoms with Crippen molar-refractivity contribution >= 4 is 36.5 Å². The van der Waals surface area contributed by atoms with Crippen molar-refractivity contribution < 1.29 is 0 Å². The maximum atomic E-state index is 4.53. The Morgan fingerprint density at radius 3 is 0.972 bits per heavy atom. The Morgan fingerprint density at radius 2 is 0.722 bits per heavy atom. The number of dihydropyridines is 3. The fourth-order valence-corrected chi connectivity index (χ4v) is 3.56. The molecule has 0 spiro atoms. The van der Waals surface area contributed by atoms with Gasteiger partial charge in [-0.3, -0.25) is 0 Å². The largest absolute Gasteiger partial charge is 0.325 e. The van der Waals surface area contributed by atoms with Crippen LogP contribution < -0.4 is 16.0 Å². The fraction of sp³-hybridized carbons (Fsp3) is 0.333. The first-order chi connectivity index (χ1) is 17.3. The maximum Gasteiger partial charge on any atom is 0.133 e. The van der Waals surface area contributed by atoms with Gasteiger partial charge in [-0.05, 0) is 70.9 Å². The monoisotopic (exact) mass is 483 g/mol. The first kappa shape index (κ1) is 25.0. The highest BCUT2D eigenvalue weighted by Crippen LogP contribution is 2.19. The average Bonchev–Trinajstić information content (AvgIpc) is 2.83. The van der Waals surface area contributed by atoms with Crippen LogP contribution in [0.25, 0.3) is 0 Å². The molecule has 0 fully saturated rings. The van der Waals surface area contributed by atoms with Crippen LogP contribution in [0, 0.1) is 17.8 Å². The van der Waals surface area contributed by atoms with Gasteiger partial charge < -0.3 is 16.0 Å². The molecule has 3 N–H and O–H groups in total. The lowest BCUT2D eigenvalue weighted by Crippen LogP contribution is -2.27. The van der Waals surface area contributed by atoms with E-state index in [0.717, 1.165) is 16.7 Å². The van der Waals surface area contributed by atoms with Crippen molar-refractivity contribution in [3.05, 3.63) is 70.6 Å². The molecule has 0 atom stereocenters. The molecule has 0 aromatic rings. The predicted octanol–water partition coefficient (Wildman–Crippen LogP) is 4.36. The van der Waals surface area contributed by atoms with Gasteiger partial charge in [-0.2, -0.15) is 0 Å². The van der Waals surface area contributed by atoms with E-state index in [1.165, 1.54) is 19.0 Å². The summed E-state index contributed by atoms with van der Waals surface area (Å²) in [6.07, 6.45) is 16.6. The number of amidine groups is 3. The van der Waals surface area contributed by atoms with E-state index in [1.807, 2.05) is 36.5 Å². The van der Waals surface area contributed by atoms with Crippen LogP contribution in [0.2, 0.25) is 0 Å². The summed E-state index contributed by atoms with van der Waals surface area (Å²) in [7, 11) is 0. The quantitative estimate of drug-likeness (QED) is 0.555. The van der Waals surface area contributed by atoms with Crippen LogP contribution in [-0.2, 0) is 0 Å². The number of fused-ring (bicyclic) bond motifs is 6. The summed E-state index contributed by atoms with van der Waals surface area (Å²) >= 11 is 0. The van der Waals surface area contributed by atoms with Crippen LogP contribution >= 0.6 is 0 Å². The molecule has 6 bridgehead atoms. The van der Waals surface area contributed by atoms with Crippen molar-refractivity contribution in [1.29, 1.82) is 0 Å². The van der Waals surface area contributed by atoms with Gasteiger partial charge >= 0.3 is 0 Å². The lowest BCUT2D eigenvalue weighted by Gasteiger charge is -2.18. The molecular weight excluding hydrogens is 450 g/mol. The van der Waals surface area contributed by atoms with Gasteiger partial charge in [0.15, 0.2) is 0 Å². The molecule has 9 nitrogen and oxygen atoms in total. The summed E-state index contributed by atoms with van der Waals surface area (Å²) in [6, 6.07) is 0. The number of rotatable bonds is 3. The van der Waals surface area contributed by atoms with Crippen LogP contribution in [0.15, 0.2) is 101 Å². The Hall–Kier alpha value is -4.14. The van der Waals surface area contributed by atoms with Crippen molar-refractivity contribution in [2.24, 2.45) is 47.7 Å². The number of allylic oxidation sites excluding steroid dienone is 6. The molecule has 4 heterocycles. The van der Waals surface area contributed by atoms with Crippen molar-refractivity contribution in [2.75, 3.05) is 0 Å². The van der Waals surface area contributed by atoms with E-state index in [2.05, 4.69) is 87.4 Å². The van der Waals surface area contributed by atoms with Gasteiger partial charge in [0.25, 0.3) is 0 Å². The third kappa shape index (κ3) is 6.50. The summed E-state index contributed by atoms with van der Waals surface area (Å²) in [5.74, 6) is 4.88. The molecule has 4 aliphatic heterocycles. The topological polar surface area (TPSA) is 110 Å². The molecule has 9 heteroatoms. The highest BCUT2D eigenvalue weighted by Gasteiger charge is 2.14. The summed E-state index contributed by atoms with van der Waals surface area (Å²) in [5, 5.41) is 9.71. The van der Waals surface area contributed by atoms with E-state index in [1.54, 1.807) is 0 Å². The molecule has 0 aromatic heterocycles. The van der Waals surface area contributed by atoms with E-state index in [4.69, 9.17) is 0 Å². The van der Waals surface area contributed by atoms with E-state index < -0.39 is 0 Å². The Bertz CT molecular complexity index is 1110. The zero-order valence-corrected chi connectivity index (χ0v) is 21.6. The van der Waals surface area contributed by atoms with Gasteiger partial charge in [0.2, 0.25) is 0 Å². The first-order valence-electron chi connectivity index (χ1n) is 12.2. The van der Waals surface area contributed by atoms with Crippen LogP contribution in [0.1, 0.15) is 41.5 Å². The molecule has 0 saturated carbocycles. The molecule has 4 aliphatic rings. The van der Waals surface area contributed by atoms with Gasteiger partial charge in [-0.1, -0.05) is 41.5 Å². The van der Waals surface area contributed by atoms with Crippen molar-refractivity contribution in [1.82, 2.24) is 16.0 Å². The molecule has 36 heavy (non-hydrogen) atoms. The molecule has 0 unspecified atom stereocenters. The smallest absolute Gasteiger partial charge is 0.133 e. The third-order valence-electron chi connectivity index (χ3n) is 5.77. The maximum absolute atomic E-state index is 4.53. The second-order valence-electron chi connectivity index (χ2n) is 9.64.